The molecule has 3 aromatic heterocycles. The minimum absolute atomic E-state index is 0.437. The Balaban J connectivity index is 1.95. The summed E-state index contributed by atoms with van der Waals surface area (Å²) in [5, 5.41) is 18.1. The standard InChI is InChI=1S/C15H19N5OS/c1-8-4-3-5-10-11(8)12-13-17-7-18-20(13)15(16-6-9(2)21)19-14(12)22-10/h7-9,21H,3-6H2,1-2H3,(H,16,19)/t8-,9-/m0/s1. The molecule has 2 atom stereocenters. The van der Waals surface area contributed by atoms with Gasteiger partial charge < -0.3 is 10.4 Å². The van der Waals surface area contributed by atoms with Gasteiger partial charge in [0.15, 0.2) is 5.65 Å². The number of hydrogen-bond donors (Lipinski definition) is 2. The van der Waals surface area contributed by atoms with Crippen molar-refractivity contribution in [2.45, 2.75) is 45.1 Å². The molecule has 3 aromatic rings. The number of hydrogen-bond acceptors (Lipinski definition) is 6. The quantitative estimate of drug-likeness (QED) is 0.776. The normalized spacial score (nSPS) is 19.5. The number of thiophene rings is 1. The third kappa shape index (κ3) is 2.07. The van der Waals surface area contributed by atoms with Crippen molar-refractivity contribution in [3.63, 3.8) is 0 Å². The summed E-state index contributed by atoms with van der Waals surface area (Å²) in [6, 6.07) is 0. The monoisotopic (exact) mass is 317 g/mol. The molecule has 0 unspecified atom stereocenters. The van der Waals surface area contributed by atoms with Crippen LogP contribution in [0.3, 0.4) is 0 Å². The van der Waals surface area contributed by atoms with Crippen LogP contribution in [-0.4, -0.2) is 37.3 Å². The number of nitrogens with one attached hydrogen (secondary N) is 1. The van der Waals surface area contributed by atoms with Gasteiger partial charge >= 0.3 is 0 Å². The van der Waals surface area contributed by atoms with Crippen LogP contribution in [-0.2, 0) is 6.42 Å². The van der Waals surface area contributed by atoms with Crippen molar-refractivity contribution in [2.24, 2.45) is 0 Å². The van der Waals surface area contributed by atoms with E-state index < -0.39 is 6.10 Å². The Labute approximate surface area is 132 Å². The number of aliphatic hydroxyl groups excluding tert-OH is 1. The molecule has 116 valence electrons. The van der Waals surface area contributed by atoms with E-state index in [1.165, 1.54) is 23.3 Å². The molecule has 0 aromatic carbocycles. The van der Waals surface area contributed by atoms with Gasteiger partial charge in [0, 0.05) is 11.4 Å². The lowest BCUT2D eigenvalue weighted by molar-refractivity contribution is 0.208. The van der Waals surface area contributed by atoms with Crippen molar-refractivity contribution in [3.05, 3.63) is 16.8 Å². The third-order valence-corrected chi connectivity index (χ3v) is 5.43. The van der Waals surface area contributed by atoms with Crippen LogP contribution in [0.4, 0.5) is 5.95 Å². The molecular formula is C15H19N5OS. The lowest BCUT2D eigenvalue weighted by atomic mass is 9.87. The highest BCUT2D eigenvalue weighted by atomic mass is 32.1. The summed E-state index contributed by atoms with van der Waals surface area (Å²) in [6.45, 7) is 4.47. The largest absolute Gasteiger partial charge is 0.392 e. The summed E-state index contributed by atoms with van der Waals surface area (Å²) < 4.78 is 1.75. The van der Waals surface area contributed by atoms with Crippen molar-refractivity contribution >= 4 is 33.1 Å². The van der Waals surface area contributed by atoms with Gasteiger partial charge in [-0.3, -0.25) is 0 Å². The van der Waals surface area contributed by atoms with Gasteiger partial charge in [0.2, 0.25) is 5.95 Å². The first-order valence-electron chi connectivity index (χ1n) is 7.72. The lowest BCUT2D eigenvalue weighted by Crippen LogP contribution is -2.18. The number of aromatic nitrogens is 4. The van der Waals surface area contributed by atoms with E-state index in [4.69, 9.17) is 4.98 Å². The average Bonchev–Trinajstić information content (AvgIpc) is 3.08. The third-order valence-electron chi connectivity index (χ3n) is 4.27. The summed E-state index contributed by atoms with van der Waals surface area (Å²) in [7, 11) is 0. The highest BCUT2D eigenvalue weighted by molar-refractivity contribution is 7.19. The lowest BCUT2D eigenvalue weighted by Gasteiger charge is -2.18. The van der Waals surface area contributed by atoms with Gasteiger partial charge in [0.25, 0.3) is 0 Å². The molecule has 22 heavy (non-hydrogen) atoms. The van der Waals surface area contributed by atoms with Gasteiger partial charge in [0.1, 0.15) is 11.2 Å². The Kier molecular flexibility index (Phi) is 3.27. The number of rotatable bonds is 3. The zero-order chi connectivity index (χ0) is 15.3. The Bertz CT molecular complexity index is 837. The van der Waals surface area contributed by atoms with E-state index in [1.54, 1.807) is 29.1 Å². The summed E-state index contributed by atoms with van der Waals surface area (Å²) in [5.74, 6) is 1.20. The smallest absolute Gasteiger partial charge is 0.227 e. The van der Waals surface area contributed by atoms with Crippen LogP contribution in [0.1, 0.15) is 43.0 Å². The highest BCUT2D eigenvalue weighted by Crippen LogP contribution is 2.43. The Morgan fingerprint density at radius 3 is 3.23 bits per heavy atom. The molecule has 6 nitrogen and oxygen atoms in total. The summed E-state index contributed by atoms with van der Waals surface area (Å²) in [4.78, 5) is 11.7. The maximum Gasteiger partial charge on any atom is 0.227 e. The fraction of sp³-hybridized carbons (Fsp3) is 0.533. The van der Waals surface area contributed by atoms with Gasteiger partial charge in [-0.05, 0) is 37.7 Å². The second kappa shape index (κ2) is 5.17. The van der Waals surface area contributed by atoms with Gasteiger partial charge in [-0.15, -0.1) is 11.3 Å². The fourth-order valence-corrected chi connectivity index (χ4v) is 4.58. The van der Waals surface area contributed by atoms with E-state index in [9.17, 15) is 5.11 Å². The fourth-order valence-electron chi connectivity index (χ4n) is 3.26. The first-order valence-corrected chi connectivity index (χ1v) is 8.53. The summed E-state index contributed by atoms with van der Waals surface area (Å²) in [6.07, 6.45) is 4.74. The maximum atomic E-state index is 9.48. The molecule has 4 rings (SSSR count). The van der Waals surface area contributed by atoms with Gasteiger partial charge in [-0.1, -0.05) is 6.92 Å². The average molecular weight is 317 g/mol. The summed E-state index contributed by atoms with van der Waals surface area (Å²) in [5.41, 5.74) is 2.28. The molecule has 0 spiro atoms. The number of aryl methyl sites for hydroxylation is 1. The van der Waals surface area contributed by atoms with Crippen molar-refractivity contribution in [2.75, 3.05) is 11.9 Å². The molecule has 1 aliphatic carbocycles. The van der Waals surface area contributed by atoms with Crippen molar-refractivity contribution < 1.29 is 5.11 Å². The zero-order valence-corrected chi connectivity index (χ0v) is 13.5. The van der Waals surface area contributed by atoms with Gasteiger partial charge in [0.05, 0.1) is 11.5 Å². The second-order valence-electron chi connectivity index (χ2n) is 6.07. The van der Waals surface area contributed by atoms with Crippen molar-refractivity contribution in [1.82, 2.24) is 19.6 Å². The van der Waals surface area contributed by atoms with Crippen LogP contribution in [0, 0.1) is 0 Å². The number of anilines is 1. The first-order chi connectivity index (χ1) is 10.6. The molecule has 1 aliphatic rings. The molecule has 0 aliphatic heterocycles. The molecule has 2 N–H and O–H groups in total. The topological polar surface area (TPSA) is 75.3 Å². The van der Waals surface area contributed by atoms with E-state index in [0.717, 1.165) is 22.3 Å². The minimum atomic E-state index is -0.437. The zero-order valence-electron chi connectivity index (χ0n) is 12.7. The molecular weight excluding hydrogens is 298 g/mol. The molecule has 0 fully saturated rings. The Morgan fingerprint density at radius 1 is 1.55 bits per heavy atom. The van der Waals surface area contributed by atoms with Crippen LogP contribution in [0.15, 0.2) is 6.33 Å². The second-order valence-corrected chi connectivity index (χ2v) is 7.16. The molecule has 3 heterocycles. The van der Waals surface area contributed by atoms with Gasteiger partial charge in [-0.25, -0.2) is 9.97 Å². The maximum absolute atomic E-state index is 9.48. The van der Waals surface area contributed by atoms with Crippen molar-refractivity contribution in [3.8, 4) is 0 Å². The Hall–Kier alpha value is -1.73. The number of nitrogens with zero attached hydrogens (tertiary/aromatic N) is 4. The summed E-state index contributed by atoms with van der Waals surface area (Å²) >= 11 is 1.78. The predicted molar refractivity (Wildman–Crippen MR) is 87.7 cm³/mol. The highest BCUT2D eigenvalue weighted by Gasteiger charge is 2.25. The van der Waals surface area contributed by atoms with E-state index in [-0.39, 0.29) is 0 Å². The van der Waals surface area contributed by atoms with E-state index in [2.05, 4.69) is 22.3 Å². The van der Waals surface area contributed by atoms with Crippen LogP contribution in [0.5, 0.6) is 0 Å². The van der Waals surface area contributed by atoms with Crippen LogP contribution in [0.2, 0.25) is 0 Å². The number of aliphatic hydroxyl groups is 1. The number of fused-ring (bicyclic) bond motifs is 5. The minimum Gasteiger partial charge on any atom is -0.392 e. The molecule has 0 amide bonds. The van der Waals surface area contributed by atoms with Crippen LogP contribution >= 0.6 is 11.3 Å². The van der Waals surface area contributed by atoms with Crippen molar-refractivity contribution in [1.29, 1.82) is 0 Å². The Morgan fingerprint density at radius 2 is 2.41 bits per heavy atom. The SMILES string of the molecule is C[C@H](O)CNc1nc2sc3c(c2c2ncnn12)[C@@H](C)CCC3. The molecule has 0 saturated carbocycles. The van der Waals surface area contributed by atoms with E-state index in [1.807, 2.05) is 0 Å². The van der Waals surface area contributed by atoms with E-state index in [0.29, 0.717) is 18.4 Å². The van der Waals surface area contributed by atoms with E-state index >= 15 is 0 Å². The molecule has 0 saturated heterocycles. The first kappa shape index (κ1) is 13.9. The molecule has 7 heteroatoms. The predicted octanol–water partition coefficient (Wildman–Crippen LogP) is 2.57. The molecule has 0 bridgehead atoms. The van der Waals surface area contributed by atoms with Crippen LogP contribution in [0.25, 0.3) is 15.9 Å². The molecule has 0 radical (unpaired) electrons. The van der Waals surface area contributed by atoms with Crippen LogP contribution < -0.4 is 5.32 Å². The van der Waals surface area contributed by atoms with Gasteiger partial charge in [-0.2, -0.15) is 9.61 Å².